The molecule has 3 atom stereocenters. The molecule has 150 valence electrons. The van der Waals surface area contributed by atoms with Crippen LogP contribution in [0, 0.1) is 0 Å². The third kappa shape index (κ3) is 4.54. The number of hydrogen-bond donors (Lipinski definition) is 2. The van der Waals surface area contributed by atoms with Crippen molar-refractivity contribution in [3.05, 3.63) is 48.5 Å². The highest BCUT2D eigenvalue weighted by Gasteiger charge is 2.36. The van der Waals surface area contributed by atoms with E-state index in [0.29, 0.717) is 5.75 Å². The largest absolute Gasteiger partial charge is 0.484 e. The van der Waals surface area contributed by atoms with E-state index in [1.807, 2.05) is 22.9 Å². The molecular weight excluding hydrogens is 356 g/mol. The molecule has 4 rings (SSSR count). The molecule has 2 fully saturated rings. The van der Waals surface area contributed by atoms with Gasteiger partial charge in [0.2, 0.25) is 0 Å². The zero-order chi connectivity index (χ0) is 19.3. The number of nitrogens with zero attached hydrogens (tertiary/aromatic N) is 3. The van der Waals surface area contributed by atoms with Gasteiger partial charge in [-0.1, -0.05) is 12.1 Å². The normalized spacial score (nSPS) is 25.1. The molecule has 2 heterocycles. The zero-order valence-electron chi connectivity index (χ0n) is 16.0. The first kappa shape index (κ1) is 19.0. The fourth-order valence-electron chi connectivity index (χ4n) is 4.20. The number of benzene rings is 1. The number of ether oxygens (including phenoxy) is 1. The molecule has 1 aliphatic heterocycles. The van der Waals surface area contributed by atoms with Crippen LogP contribution >= 0.6 is 0 Å². The Balaban J connectivity index is 1.22. The Bertz CT molecular complexity index is 756. The molecule has 1 amide bonds. The number of likely N-dealkylation sites (tertiary alicyclic amines) is 1. The van der Waals surface area contributed by atoms with Crippen molar-refractivity contribution in [2.45, 2.75) is 50.4 Å². The Hall–Kier alpha value is -2.38. The Morgan fingerprint density at radius 3 is 2.71 bits per heavy atom. The molecule has 1 aromatic heterocycles. The predicted molar refractivity (Wildman–Crippen MR) is 105 cm³/mol. The highest BCUT2D eigenvalue weighted by molar-refractivity contribution is 5.78. The van der Waals surface area contributed by atoms with Crippen LogP contribution in [0.1, 0.15) is 37.3 Å². The van der Waals surface area contributed by atoms with Crippen LogP contribution in [-0.2, 0) is 11.3 Å². The van der Waals surface area contributed by atoms with Crippen molar-refractivity contribution in [1.82, 2.24) is 19.8 Å². The maximum atomic E-state index is 12.2. The molecule has 2 aromatic rings. The molecule has 0 unspecified atom stereocenters. The Kier molecular flexibility index (Phi) is 5.92. The molecule has 0 spiro atoms. The number of aliphatic hydroxyl groups is 1. The van der Waals surface area contributed by atoms with Gasteiger partial charge >= 0.3 is 0 Å². The lowest BCUT2D eigenvalue weighted by molar-refractivity contribution is -0.124. The lowest BCUT2D eigenvalue weighted by atomic mass is 10.1. The van der Waals surface area contributed by atoms with Gasteiger partial charge in [-0.15, -0.1) is 0 Å². The summed E-state index contributed by atoms with van der Waals surface area (Å²) in [6.07, 6.45) is 8.74. The molecule has 2 aliphatic rings. The topological polar surface area (TPSA) is 79.6 Å². The quantitative estimate of drug-likeness (QED) is 0.760. The molecular formula is C21H28N4O3. The highest BCUT2D eigenvalue weighted by Crippen LogP contribution is 2.30. The minimum Gasteiger partial charge on any atom is -0.484 e. The lowest BCUT2D eigenvalue weighted by Gasteiger charge is -2.21. The van der Waals surface area contributed by atoms with Crippen molar-refractivity contribution in [1.29, 1.82) is 0 Å². The summed E-state index contributed by atoms with van der Waals surface area (Å²) in [7, 11) is 0. The molecule has 1 saturated heterocycles. The molecule has 1 aromatic carbocycles. The Morgan fingerprint density at radius 1 is 1.21 bits per heavy atom. The summed E-state index contributed by atoms with van der Waals surface area (Å²) in [4.78, 5) is 18.7. The second-order valence-corrected chi connectivity index (χ2v) is 7.74. The predicted octanol–water partition coefficient (Wildman–Crippen LogP) is 1.74. The van der Waals surface area contributed by atoms with Gasteiger partial charge < -0.3 is 19.7 Å². The van der Waals surface area contributed by atoms with E-state index < -0.39 is 6.10 Å². The molecule has 2 N–H and O–H groups in total. The van der Waals surface area contributed by atoms with Gasteiger partial charge in [-0.25, -0.2) is 4.98 Å². The summed E-state index contributed by atoms with van der Waals surface area (Å²) in [6, 6.07) is 7.64. The van der Waals surface area contributed by atoms with Crippen LogP contribution in [0.5, 0.6) is 5.75 Å². The van der Waals surface area contributed by atoms with E-state index in [9.17, 15) is 9.90 Å². The SMILES string of the molecule is O=C(COc1ccc(CN2CCCC2)cc1)N[C@@H]1CC[C@@H](n2ccnc2)[C@@H]1O. The van der Waals surface area contributed by atoms with E-state index in [1.54, 1.807) is 12.5 Å². The van der Waals surface area contributed by atoms with Crippen molar-refractivity contribution in [3.8, 4) is 5.75 Å². The van der Waals surface area contributed by atoms with Crippen molar-refractivity contribution in [2.24, 2.45) is 0 Å². The van der Waals surface area contributed by atoms with Crippen molar-refractivity contribution in [2.75, 3.05) is 19.7 Å². The standard InChI is InChI=1S/C21H28N4O3/c26-20(23-18-7-8-19(21(18)27)25-12-9-22-15-25)14-28-17-5-3-16(4-6-17)13-24-10-1-2-11-24/h3-6,9,12,15,18-19,21,27H,1-2,7-8,10-11,13-14H2,(H,23,26)/t18-,19-,21-/m1/s1. The summed E-state index contributed by atoms with van der Waals surface area (Å²) >= 11 is 0. The van der Waals surface area contributed by atoms with Crippen LogP contribution in [0.25, 0.3) is 0 Å². The van der Waals surface area contributed by atoms with Gasteiger partial charge in [0.15, 0.2) is 6.61 Å². The number of amides is 1. The number of imidazole rings is 1. The number of aromatic nitrogens is 2. The molecule has 1 saturated carbocycles. The number of hydrogen-bond acceptors (Lipinski definition) is 5. The summed E-state index contributed by atoms with van der Waals surface area (Å²) in [6.45, 7) is 3.27. The van der Waals surface area contributed by atoms with Crippen molar-refractivity contribution >= 4 is 5.91 Å². The van der Waals surface area contributed by atoms with Gasteiger partial charge in [0.05, 0.1) is 24.5 Å². The van der Waals surface area contributed by atoms with E-state index in [4.69, 9.17) is 4.74 Å². The van der Waals surface area contributed by atoms with Crippen LogP contribution in [0.4, 0.5) is 0 Å². The lowest BCUT2D eigenvalue weighted by Crippen LogP contribution is -2.43. The Labute approximate surface area is 165 Å². The second kappa shape index (κ2) is 8.75. The summed E-state index contributed by atoms with van der Waals surface area (Å²) < 4.78 is 7.51. The summed E-state index contributed by atoms with van der Waals surface area (Å²) in [5.41, 5.74) is 1.26. The fraction of sp³-hybridized carbons (Fsp3) is 0.524. The van der Waals surface area contributed by atoms with Crippen LogP contribution < -0.4 is 10.1 Å². The average Bonchev–Trinajstić information content (AvgIpc) is 3.45. The third-order valence-corrected chi connectivity index (χ3v) is 5.73. The first-order chi connectivity index (χ1) is 13.7. The van der Waals surface area contributed by atoms with Gasteiger partial charge in [-0.05, 0) is 56.5 Å². The second-order valence-electron chi connectivity index (χ2n) is 7.74. The van der Waals surface area contributed by atoms with Crippen LogP contribution in [0.15, 0.2) is 43.0 Å². The summed E-state index contributed by atoms with van der Waals surface area (Å²) in [5.74, 6) is 0.472. The monoisotopic (exact) mass is 384 g/mol. The van der Waals surface area contributed by atoms with E-state index in [0.717, 1.165) is 19.4 Å². The smallest absolute Gasteiger partial charge is 0.258 e. The van der Waals surface area contributed by atoms with Gasteiger partial charge in [-0.3, -0.25) is 9.69 Å². The first-order valence-corrected chi connectivity index (χ1v) is 10.1. The van der Waals surface area contributed by atoms with Crippen molar-refractivity contribution < 1.29 is 14.6 Å². The average molecular weight is 384 g/mol. The van der Waals surface area contributed by atoms with Crippen molar-refractivity contribution in [3.63, 3.8) is 0 Å². The first-order valence-electron chi connectivity index (χ1n) is 10.1. The minimum atomic E-state index is -0.622. The van der Waals surface area contributed by atoms with Gasteiger partial charge in [0.25, 0.3) is 5.91 Å². The third-order valence-electron chi connectivity index (χ3n) is 5.73. The molecule has 7 nitrogen and oxygen atoms in total. The van der Waals surface area contributed by atoms with Crippen LogP contribution in [0.2, 0.25) is 0 Å². The molecule has 0 radical (unpaired) electrons. The highest BCUT2D eigenvalue weighted by atomic mass is 16.5. The minimum absolute atomic E-state index is 0.0446. The van der Waals surface area contributed by atoms with E-state index in [2.05, 4.69) is 27.3 Å². The number of rotatable bonds is 7. The van der Waals surface area contributed by atoms with E-state index >= 15 is 0 Å². The maximum absolute atomic E-state index is 12.2. The maximum Gasteiger partial charge on any atom is 0.258 e. The van der Waals surface area contributed by atoms with Crippen LogP contribution in [-0.4, -0.2) is 57.3 Å². The van der Waals surface area contributed by atoms with E-state index in [-0.39, 0.29) is 24.6 Å². The molecule has 7 heteroatoms. The molecule has 0 bridgehead atoms. The van der Waals surface area contributed by atoms with Gasteiger partial charge in [-0.2, -0.15) is 0 Å². The molecule has 1 aliphatic carbocycles. The van der Waals surface area contributed by atoms with E-state index in [1.165, 1.54) is 31.5 Å². The van der Waals surface area contributed by atoms with Gasteiger partial charge in [0.1, 0.15) is 5.75 Å². The Morgan fingerprint density at radius 2 is 2.00 bits per heavy atom. The number of aliphatic hydroxyl groups excluding tert-OH is 1. The summed E-state index contributed by atoms with van der Waals surface area (Å²) in [5, 5.41) is 13.4. The zero-order valence-corrected chi connectivity index (χ0v) is 16.0. The van der Waals surface area contributed by atoms with Crippen LogP contribution in [0.3, 0.4) is 0 Å². The van der Waals surface area contributed by atoms with Gasteiger partial charge in [0, 0.05) is 18.9 Å². The number of nitrogens with one attached hydrogen (secondary N) is 1. The fourth-order valence-corrected chi connectivity index (χ4v) is 4.20. The molecule has 28 heavy (non-hydrogen) atoms. The number of carbonyl (C=O) groups excluding carboxylic acids is 1. The number of carbonyl (C=O) groups is 1.